The Morgan fingerprint density at radius 3 is 0.798 bits per heavy atom. The quantitative estimate of drug-likeness (QED) is 0.108. The van der Waals surface area contributed by atoms with Crippen LogP contribution in [-0.4, -0.2) is 39.0 Å². The van der Waals surface area contributed by atoms with Crippen LogP contribution in [0.2, 0.25) is 0 Å². The monoisotopic (exact) mass is 1620 g/mol. The van der Waals surface area contributed by atoms with Gasteiger partial charge in [-0.25, -0.2) is 29.9 Å². The summed E-state index contributed by atoms with van der Waals surface area (Å²) in [7, 11) is 0. The number of hydrogen-bond acceptors (Lipinski definition) is 8. The predicted octanol–water partition coefficient (Wildman–Crippen LogP) is 30.7. The fourth-order valence-electron chi connectivity index (χ4n) is 17.8. The molecule has 0 spiro atoms. The predicted molar refractivity (Wildman–Crippen MR) is 519 cm³/mol. The van der Waals surface area contributed by atoms with Gasteiger partial charge >= 0.3 is 0 Å². The number of fused-ring (bicyclic) bond motifs is 14. The zero-order chi connectivity index (χ0) is 82.0. The highest BCUT2D eigenvalue weighted by Crippen LogP contribution is 2.50. The molecule has 10 heteroatoms. The third kappa shape index (κ3) is 13.2. The Kier molecular flexibility index (Phi) is 18.5. The molecule has 124 heavy (non-hydrogen) atoms. The van der Waals surface area contributed by atoms with E-state index in [0.717, 1.165) is 94.6 Å². The Hall–Kier alpha value is -16.0. The molecule has 6 heterocycles. The van der Waals surface area contributed by atoms with Gasteiger partial charge < -0.3 is 9.13 Å². The molecule has 0 amide bonds. The molecule has 6 aromatic heterocycles. The van der Waals surface area contributed by atoms with Crippen LogP contribution in [0.5, 0.6) is 0 Å². The van der Waals surface area contributed by atoms with Gasteiger partial charge in [0, 0.05) is 95.3 Å². The van der Waals surface area contributed by atoms with Crippen molar-refractivity contribution < 1.29 is 0 Å². The lowest BCUT2D eigenvalue weighted by Gasteiger charge is -2.15. The lowest BCUT2D eigenvalue weighted by molar-refractivity contribution is 1.06. The first kappa shape index (κ1) is 73.2. The van der Waals surface area contributed by atoms with Crippen molar-refractivity contribution in [2.24, 2.45) is 0 Å². The zero-order valence-electron chi connectivity index (χ0n) is 67.0. The minimum Gasteiger partial charge on any atom is -0.308 e. The Labute approximate surface area is 723 Å². The molecule has 0 fully saturated rings. The zero-order valence-corrected chi connectivity index (χ0v) is 68.6. The fourth-order valence-corrected chi connectivity index (χ4v) is 20.6. The summed E-state index contributed by atoms with van der Waals surface area (Å²) in [6, 6.07) is 154. The maximum atomic E-state index is 5.31. The van der Waals surface area contributed by atoms with E-state index in [0.29, 0.717) is 34.9 Å². The molecule has 8 nitrogen and oxygen atoms in total. The van der Waals surface area contributed by atoms with Crippen molar-refractivity contribution in [2.45, 2.75) is 0 Å². The Morgan fingerprint density at radius 2 is 0.411 bits per heavy atom. The topological polar surface area (TPSA) is 87.2 Å². The van der Waals surface area contributed by atoms with Crippen LogP contribution >= 0.6 is 22.7 Å². The second-order valence-corrected chi connectivity index (χ2v) is 33.1. The van der Waals surface area contributed by atoms with Crippen LogP contribution in [0.3, 0.4) is 0 Å². The van der Waals surface area contributed by atoms with E-state index in [1.165, 1.54) is 101 Å². The second-order valence-electron chi connectivity index (χ2n) is 31.1. The molecular formula is C114H72N8S2. The third-order valence-corrected chi connectivity index (χ3v) is 26.3. The average molecular weight is 1620 g/mol. The Balaban J connectivity index is 0.000000143. The molecule has 0 saturated heterocycles. The van der Waals surface area contributed by atoms with E-state index in [9.17, 15) is 0 Å². The van der Waals surface area contributed by atoms with Gasteiger partial charge in [-0.15, -0.1) is 22.7 Å². The summed E-state index contributed by atoms with van der Waals surface area (Å²) in [5, 5.41) is 10.0. The molecule has 0 radical (unpaired) electrons. The summed E-state index contributed by atoms with van der Waals surface area (Å²) in [4.78, 5) is 31.5. The summed E-state index contributed by atoms with van der Waals surface area (Å²) in [6.07, 6.45) is 0. The number of benzene rings is 18. The van der Waals surface area contributed by atoms with Gasteiger partial charge in [0.25, 0.3) is 0 Å². The summed E-state index contributed by atoms with van der Waals surface area (Å²) < 4.78 is 9.98. The number of thiophene rings is 2. The maximum Gasteiger partial charge on any atom is 0.166 e. The van der Waals surface area contributed by atoms with Gasteiger partial charge in [-0.1, -0.05) is 382 Å². The van der Waals surface area contributed by atoms with Crippen molar-refractivity contribution in [3.63, 3.8) is 0 Å². The maximum absolute atomic E-state index is 5.31. The Morgan fingerprint density at radius 1 is 0.153 bits per heavy atom. The highest BCUT2D eigenvalue weighted by atomic mass is 32.1. The van der Waals surface area contributed by atoms with Crippen molar-refractivity contribution in [3.05, 3.63) is 437 Å². The average Bonchev–Trinajstić information content (AvgIpc) is 1.56. The molecule has 24 rings (SSSR count). The molecule has 0 aliphatic carbocycles. The smallest absolute Gasteiger partial charge is 0.166 e. The van der Waals surface area contributed by atoms with Gasteiger partial charge in [-0.3, -0.25) is 0 Å². The number of aromatic nitrogens is 8. The molecule has 0 bridgehead atoms. The van der Waals surface area contributed by atoms with Crippen molar-refractivity contribution >= 4 is 107 Å². The van der Waals surface area contributed by atoms with E-state index >= 15 is 0 Å². The second kappa shape index (κ2) is 31.3. The van der Waals surface area contributed by atoms with Crippen LogP contribution in [0.4, 0.5) is 0 Å². The number of rotatable bonds is 14. The van der Waals surface area contributed by atoms with Gasteiger partial charge in [0.1, 0.15) is 0 Å². The number of nitrogens with zero attached hydrogens (tertiary/aromatic N) is 8. The molecule has 0 atom stereocenters. The highest BCUT2D eigenvalue weighted by molar-refractivity contribution is 7.27. The molecule has 18 aromatic carbocycles. The standard InChI is InChI=1S/2C57H36N4S/c1-4-16-37(17-5-1)39-30-32-41(33-31-39)55-58-56(43-23-14-22-42(36-43)38-18-6-2-7-19-38)60-57(59-55)48-25-11-13-29-50(48)61-49-28-12-10-24-47(49)52-51(61)35-34-46-45-27-15-26-44(53(45)62-54(46)52)40-20-8-3-9-21-40;1-4-15-37(16-5-1)39-27-31-42(32-28-39)55-58-56(43-33-29-40(30-34-43)38-17-6-2-7-18-38)60-57(59-55)48-22-11-13-26-50(48)61-49-25-12-10-21-47(49)52-51(61)36-35-46-45-24-14-23-44(53(45)62-54(46)52)41-19-8-3-9-20-41/h2*1-36H. The third-order valence-electron chi connectivity index (χ3n) is 23.8. The van der Waals surface area contributed by atoms with Crippen LogP contribution in [-0.2, 0) is 0 Å². The van der Waals surface area contributed by atoms with Crippen LogP contribution in [0.15, 0.2) is 437 Å². The van der Waals surface area contributed by atoms with Gasteiger partial charge in [0.05, 0.1) is 33.4 Å². The van der Waals surface area contributed by atoms with E-state index in [1.807, 2.05) is 46.9 Å². The summed E-state index contributed by atoms with van der Waals surface area (Å²) in [5.41, 5.74) is 26.2. The van der Waals surface area contributed by atoms with E-state index in [1.54, 1.807) is 0 Å². The number of para-hydroxylation sites is 4. The van der Waals surface area contributed by atoms with Crippen LogP contribution in [0, 0.1) is 0 Å². The molecule has 0 saturated carbocycles. The molecule has 0 aliphatic rings. The lowest BCUT2D eigenvalue weighted by atomic mass is 10.0. The van der Waals surface area contributed by atoms with Crippen LogP contribution in [0.1, 0.15) is 0 Å². The first-order valence-electron chi connectivity index (χ1n) is 41.7. The van der Waals surface area contributed by atoms with Crippen molar-refractivity contribution in [1.29, 1.82) is 0 Å². The van der Waals surface area contributed by atoms with Gasteiger partial charge in [-0.05, 0) is 121 Å². The summed E-state index contributed by atoms with van der Waals surface area (Å²) in [5.74, 6) is 3.70. The van der Waals surface area contributed by atoms with Crippen molar-refractivity contribution in [3.8, 4) is 146 Å². The van der Waals surface area contributed by atoms with Crippen LogP contribution in [0.25, 0.3) is 230 Å². The van der Waals surface area contributed by atoms with Gasteiger partial charge in [0.2, 0.25) is 0 Å². The van der Waals surface area contributed by atoms with Gasteiger partial charge in [0.15, 0.2) is 34.9 Å². The first-order chi connectivity index (χ1) is 61.5. The first-order valence-corrected chi connectivity index (χ1v) is 43.3. The van der Waals surface area contributed by atoms with E-state index in [4.69, 9.17) is 29.9 Å². The lowest BCUT2D eigenvalue weighted by Crippen LogP contribution is -2.03. The van der Waals surface area contributed by atoms with E-state index in [2.05, 4.69) is 422 Å². The molecule has 0 unspecified atom stereocenters. The molecule has 0 N–H and O–H groups in total. The van der Waals surface area contributed by atoms with E-state index < -0.39 is 0 Å². The van der Waals surface area contributed by atoms with Gasteiger partial charge in [-0.2, -0.15) is 0 Å². The molecule has 24 aromatic rings. The normalized spacial score (nSPS) is 11.5. The van der Waals surface area contributed by atoms with Crippen molar-refractivity contribution in [1.82, 2.24) is 39.0 Å². The highest BCUT2D eigenvalue weighted by Gasteiger charge is 2.26. The fraction of sp³-hybridized carbons (Fsp3) is 0. The molecule has 580 valence electrons. The number of hydrogen-bond donors (Lipinski definition) is 0. The Bertz CT molecular complexity index is 8070. The SMILES string of the molecule is c1ccc(-c2ccc(-c3nc(-c4ccc(-c5ccccc5)cc4)nc(-c4ccccc4-n4c5ccccc5c5c6sc7c(-c8ccccc8)cccc7c6ccc54)n3)cc2)cc1.c1ccc(-c2ccc(-c3nc(-c4cccc(-c5ccccc5)c4)nc(-c4ccccc4-n4c5ccccc5c5c6sc7c(-c8ccccc8)cccc7c6ccc54)n3)cc2)cc1. The van der Waals surface area contributed by atoms with Crippen LogP contribution < -0.4 is 0 Å². The van der Waals surface area contributed by atoms with E-state index in [-0.39, 0.29) is 0 Å². The molecular weight excluding hydrogens is 1550 g/mol. The summed E-state index contributed by atoms with van der Waals surface area (Å²) in [6.45, 7) is 0. The largest absolute Gasteiger partial charge is 0.308 e. The van der Waals surface area contributed by atoms with Crippen molar-refractivity contribution in [2.75, 3.05) is 0 Å². The minimum absolute atomic E-state index is 0.610. The minimum atomic E-state index is 0.610. The summed E-state index contributed by atoms with van der Waals surface area (Å²) >= 11 is 3.78. The molecule has 0 aliphatic heterocycles.